The van der Waals surface area contributed by atoms with Crippen LogP contribution in [-0.2, 0) is 21.2 Å². The minimum atomic E-state index is -3.37. The van der Waals surface area contributed by atoms with E-state index in [0.717, 1.165) is 12.0 Å². The van der Waals surface area contributed by atoms with Crippen LogP contribution in [0, 0.1) is 5.92 Å². The molecule has 0 aromatic heterocycles. The molecule has 0 radical (unpaired) electrons. The van der Waals surface area contributed by atoms with E-state index in [4.69, 9.17) is 0 Å². The van der Waals surface area contributed by atoms with Crippen LogP contribution in [0.5, 0.6) is 0 Å². The number of carbonyl (C=O) groups excluding carboxylic acids is 1. The number of hydrogen-bond donors (Lipinski definition) is 1. The average molecular weight is 355 g/mol. The molecule has 0 spiro atoms. The Morgan fingerprint density at radius 3 is 2.21 bits per heavy atom. The molecule has 1 aromatic carbocycles. The van der Waals surface area contributed by atoms with Gasteiger partial charge >= 0.3 is 0 Å². The topological polar surface area (TPSA) is 66.5 Å². The third-order valence-corrected chi connectivity index (χ3v) is 5.38. The number of hydrogen-bond acceptors (Lipinski definition) is 3. The fourth-order valence-electron chi connectivity index (χ4n) is 2.26. The molecule has 1 atom stereocenters. The first-order valence-corrected chi connectivity index (χ1v) is 10.4. The lowest BCUT2D eigenvalue weighted by Gasteiger charge is -2.23. The Hall–Kier alpha value is -1.56. The van der Waals surface area contributed by atoms with Gasteiger partial charge in [0.1, 0.15) is 0 Å². The van der Waals surface area contributed by atoms with Crippen LogP contribution in [0.25, 0.3) is 0 Å². The molecular weight excluding hydrogens is 324 g/mol. The van der Waals surface area contributed by atoms with E-state index in [-0.39, 0.29) is 11.9 Å². The van der Waals surface area contributed by atoms with Crippen molar-refractivity contribution in [2.45, 2.75) is 53.0 Å². The Morgan fingerprint density at radius 2 is 1.75 bits per heavy atom. The molecule has 0 fully saturated rings. The zero-order valence-corrected chi connectivity index (χ0v) is 16.2. The molecular formula is C18H30N2O3S. The van der Waals surface area contributed by atoms with Crippen molar-refractivity contribution >= 4 is 21.6 Å². The Kier molecular flexibility index (Phi) is 7.73. The molecule has 1 aromatic rings. The number of nitrogens with zero attached hydrogens (tertiary/aromatic N) is 1. The molecule has 0 aliphatic rings. The van der Waals surface area contributed by atoms with Gasteiger partial charge in [-0.1, -0.05) is 32.9 Å². The summed E-state index contributed by atoms with van der Waals surface area (Å²) in [7, 11) is -3.37. The van der Waals surface area contributed by atoms with Crippen LogP contribution >= 0.6 is 0 Å². The average Bonchev–Trinajstić information content (AvgIpc) is 2.50. The third-order valence-electron chi connectivity index (χ3n) is 4.19. The van der Waals surface area contributed by atoms with E-state index in [0.29, 0.717) is 31.0 Å². The molecule has 136 valence electrons. The Labute approximate surface area is 146 Å². The third kappa shape index (κ3) is 6.51. The number of sulfonamides is 1. The lowest BCUT2D eigenvalue weighted by atomic mass is 10.1. The number of rotatable bonds is 9. The van der Waals surface area contributed by atoms with Crippen LogP contribution in [0.4, 0.5) is 5.69 Å². The number of carbonyl (C=O) groups is 1. The summed E-state index contributed by atoms with van der Waals surface area (Å²) in [6, 6.07) is 7.63. The summed E-state index contributed by atoms with van der Waals surface area (Å²) in [5, 5.41) is 2.94. The molecule has 1 rings (SSSR count). The number of amides is 1. The maximum atomic E-state index is 12.1. The monoisotopic (exact) mass is 354 g/mol. The van der Waals surface area contributed by atoms with Gasteiger partial charge in [0, 0.05) is 19.0 Å². The largest absolute Gasteiger partial charge is 0.353 e. The first-order chi connectivity index (χ1) is 11.1. The summed E-state index contributed by atoms with van der Waals surface area (Å²) in [5.74, 6) is 0.338. The minimum Gasteiger partial charge on any atom is -0.353 e. The highest BCUT2D eigenvalue weighted by Crippen LogP contribution is 2.19. The Morgan fingerprint density at radius 1 is 1.17 bits per heavy atom. The molecule has 1 amide bonds. The van der Waals surface area contributed by atoms with Gasteiger partial charge < -0.3 is 5.32 Å². The zero-order valence-electron chi connectivity index (χ0n) is 15.4. The molecule has 0 bridgehead atoms. The number of aryl methyl sites for hydroxylation is 1. The molecule has 0 unspecified atom stereocenters. The maximum Gasteiger partial charge on any atom is 0.232 e. The van der Waals surface area contributed by atoms with E-state index in [1.807, 2.05) is 31.2 Å². The second kappa shape index (κ2) is 9.06. The molecule has 1 N–H and O–H groups in total. The normalized spacial score (nSPS) is 12.9. The van der Waals surface area contributed by atoms with E-state index >= 15 is 0 Å². The van der Waals surface area contributed by atoms with Crippen molar-refractivity contribution in [1.82, 2.24) is 5.32 Å². The molecule has 6 heteroatoms. The smallest absolute Gasteiger partial charge is 0.232 e. The van der Waals surface area contributed by atoms with Gasteiger partial charge in [0.2, 0.25) is 15.9 Å². The van der Waals surface area contributed by atoms with Crippen LogP contribution in [0.1, 0.15) is 46.1 Å². The van der Waals surface area contributed by atoms with Gasteiger partial charge in [-0.2, -0.15) is 0 Å². The number of nitrogens with one attached hydrogen (secondary N) is 1. The summed E-state index contributed by atoms with van der Waals surface area (Å²) < 4.78 is 25.5. The maximum absolute atomic E-state index is 12.1. The Balaban J connectivity index is 2.66. The fraction of sp³-hybridized carbons (Fsp3) is 0.611. The van der Waals surface area contributed by atoms with Gasteiger partial charge in [0.05, 0.1) is 11.9 Å². The van der Waals surface area contributed by atoms with Gasteiger partial charge in [-0.3, -0.25) is 9.10 Å². The Bertz CT molecular complexity index is 624. The van der Waals surface area contributed by atoms with Crippen molar-refractivity contribution in [3.05, 3.63) is 29.8 Å². The summed E-state index contributed by atoms with van der Waals surface area (Å²) in [6.07, 6.45) is 2.91. The number of anilines is 1. The highest BCUT2D eigenvalue weighted by atomic mass is 32.2. The highest BCUT2D eigenvalue weighted by Gasteiger charge is 2.18. The molecule has 0 saturated heterocycles. The molecule has 5 nitrogen and oxygen atoms in total. The predicted molar refractivity (Wildman–Crippen MR) is 99.7 cm³/mol. The van der Waals surface area contributed by atoms with Gasteiger partial charge in [0.25, 0.3) is 0 Å². The van der Waals surface area contributed by atoms with E-state index in [2.05, 4.69) is 26.1 Å². The summed E-state index contributed by atoms with van der Waals surface area (Å²) in [4.78, 5) is 11.9. The minimum absolute atomic E-state index is 0.0361. The molecule has 0 aliphatic carbocycles. The molecule has 0 heterocycles. The van der Waals surface area contributed by atoms with Gasteiger partial charge in [-0.25, -0.2) is 8.42 Å². The second-order valence-electron chi connectivity index (χ2n) is 6.56. The van der Waals surface area contributed by atoms with Gasteiger partial charge in [0.15, 0.2) is 0 Å². The SMILES string of the molecule is CCc1ccc(N(CCCC(=O)N[C@@H](C)C(C)C)S(C)(=O)=O)cc1. The van der Waals surface area contributed by atoms with Crippen molar-refractivity contribution in [2.24, 2.45) is 5.92 Å². The van der Waals surface area contributed by atoms with Crippen LogP contribution in [0.2, 0.25) is 0 Å². The lowest BCUT2D eigenvalue weighted by molar-refractivity contribution is -0.122. The number of benzene rings is 1. The van der Waals surface area contributed by atoms with E-state index < -0.39 is 10.0 Å². The molecule has 0 aliphatic heterocycles. The van der Waals surface area contributed by atoms with Crippen LogP contribution in [-0.4, -0.2) is 33.2 Å². The van der Waals surface area contributed by atoms with Crippen molar-refractivity contribution in [3.8, 4) is 0 Å². The summed E-state index contributed by atoms with van der Waals surface area (Å²) >= 11 is 0. The van der Waals surface area contributed by atoms with Gasteiger partial charge in [-0.05, 0) is 43.4 Å². The van der Waals surface area contributed by atoms with E-state index in [9.17, 15) is 13.2 Å². The van der Waals surface area contributed by atoms with Crippen molar-refractivity contribution in [3.63, 3.8) is 0 Å². The highest BCUT2D eigenvalue weighted by molar-refractivity contribution is 7.92. The van der Waals surface area contributed by atoms with E-state index in [1.165, 1.54) is 10.6 Å². The first-order valence-electron chi connectivity index (χ1n) is 8.51. The summed E-state index contributed by atoms with van der Waals surface area (Å²) in [6.45, 7) is 8.43. The van der Waals surface area contributed by atoms with Crippen LogP contribution < -0.4 is 9.62 Å². The van der Waals surface area contributed by atoms with Crippen molar-refractivity contribution < 1.29 is 13.2 Å². The summed E-state index contributed by atoms with van der Waals surface area (Å²) in [5.41, 5.74) is 1.81. The first kappa shape index (κ1) is 20.5. The van der Waals surface area contributed by atoms with Gasteiger partial charge in [-0.15, -0.1) is 0 Å². The van der Waals surface area contributed by atoms with Crippen LogP contribution in [0.15, 0.2) is 24.3 Å². The predicted octanol–water partition coefficient (Wildman–Crippen LogP) is 2.96. The second-order valence-corrected chi connectivity index (χ2v) is 8.47. The van der Waals surface area contributed by atoms with Crippen molar-refractivity contribution in [2.75, 3.05) is 17.1 Å². The quantitative estimate of drug-likeness (QED) is 0.741. The molecule has 0 saturated carbocycles. The van der Waals surface area contributed by atoms with Crippen LogP contribution in [0.3, 0.4) is 0 Å². The fourth-order valence-corrected chi connectivity index (χ4v) is 3.23. The van der Waals surface area contributed by atoms with E-state index in [1.54, 1.807) is 0 Å². The van der Waals surface area contributed by atoms with Crippen molar-refractivity contribution in [1.29, 1.82) is 0 Å². The molecule has 24 heavy (non-hydrogen) atoms. The standard InChI is InChI=1S/C18H30N2O3S/c1-6-16-9-11-17(12-10-16)20(24(5,22)23)13-7-8-18(21)19-15(4)14(2)3/h9-12,14-15H,6-8,13H2,1-5H3,(H,19,21)/t15-/m0/s1. The lowest BCUT2D eigenvalue weighted by Crippen LogP contribution is -2.37. The zero-order chi connectivity index (χ0) is 18.3.